The number of nitrogens with two attached hydrogens (primary N) is 1. The van der Waals surface area contributed by atoms with Crippen LogP contribution in [0.5, 0.6) is 0 Å². The standard InChI is InChI=1S/C6H11N/c7-6-4-2-1-3-5-6/h4H,1-3,5,7H2. The molecule has 40 valence electrons. The van der Waals surface area contributed by atoms with Crippen LogP contribution in [0.4, 0.5) is 0 Å². The van der Waals surface area contributed by atoms with Crippen LogP contribution in [0.25, 0.3) is 0 Å². The van der Waals surface area contributed by atoms with Crippen molar-refractivity contribution in [2.24, 2.45) is 5.73 Å². The van der Waals surface area contributed by atoms with Gasteiger partial charge < -0.3 is 5.73 Å². The molecule has 0 saturated carbocycles. The van der Waals surface area contributed by atoms with E-state index in [1.165, 1.54) is 19.3 Å². The Labute approximate surface area is 44.2 Å². The number of allylic oxidation sites excluding steroid dienone is 2. The Kier molecular flexibility index (Phi) is 1.35. The molecule has 7 heavy (non-hydrogen) atoms. The summed E-state index contributed by atoms with van der Waals surface area (Å²) in [4.78, 5) is 0. The average Bonchev–Trinajstić information content (AvgIpc) is 1.69. The van der Waals surface area contributed by atoms with Crippen molar-refractivity contribution in [1.82, 2.24) is 0 Å². The SMILES string of the molecule is NC1=CCCCC1. The fraction of sp³-hybridized carbons (Fsp3) is 0.667. The molecule has 0 heterocycles. The van der Waals surface area contributed by atoms with E-state index in [4.69, 9.17) is 5.73 Å². The van der Waals surface area contributed by atoms with Gasteiger partial charge in [-0.15, -0.1) is 0 Å². The molecule has 0 aromatic rings. The van der Waals surface area contributed by atoms with Gasteiger partial charge in [0, 0.05) is 5.70 Å². The van der Waals surface area contributed by atoms with E-state index in [0.29, 0.717) is 0 Å². The molecule has 1 nitrogen and oxygen atoms in total. The molecule has 0 saturated heterocycles. The minimum Gasteiger partial charge on any atom is -0.402 e. The summed E-state index contributed by atoms with van der Waals surface area (Å²) in [6.45, 7) is 0. The molecule has 0 amide bonds. The van der Waals surface area contributed by atoms with E-state index in [1.54, 1.807) is 0 Å². The molecule has 1 heteroatoms. The van der Waals surface area contributed by atoms with Crippen LogP contribution in [0.15, 0.2) is 11.8 Å². The van der Waals surface area contributed by atoms with Gasteiger partial charge in [-0.05, 0) is 25.7 Å². The average molecular weight is 97.2 g/mol. The van der Waals surface area contributed by atoms with E-state index in [-0.39, 0.29) is 0 Å². The predicted molar refractivity (Wildman–Crippen MR) is 30.7 cm³/mol. The summed E-state index contributed by atoms with van der Waals surface area (Å²) < 4.78 is 0. The second kappa shape index (κ2) is 2.01. The quantitative estimate of drug-likeness (QED) is 0.486. The molecule has 1 rings (SSSR count). The fourth-order valence-corrected chi connectivity index (χ4v) is 0.863. The lowest BCUT2D eigenvalue weighted by Gasteiger charge is -2.05. The Bertz CT molecular complexity index is 84.2. The van der Waals surface area contributed by atoms with Crippen LogP contribution in [-0.2, 0) is 0 Å². The monoisotopic (exact) mass is 97.1 g/mol. The molecule has 0 atom stereocenters. The lowest BCUT2D eigenvalue weighted by molar-refractivity contribution is 0.696. The zero-order valence-corrected chi connectivity index (χ0v) is 4.48. The Morgan fingerprint density at radius 3 is 2.57 bits per heavy atom. The summed E-state index contributed by atoms with van der Waals surface area (Å²) in [5.74, 6) is 0. The summed E-state index contributed by atoms with van der Waals surface area (Å²) in [5.41, 5.74) is 6.58. The normalized spacial score (nSPS) is 21.4. The lowest BCUT2D eigenvalue weighted by atomic mass is 10.1. The van der Waals surface area contributed by atoms with Gasteiger partial charge in [-0.1, -0.05) is 6.08 Å². The molecule has 0 aromatic heterocycles. The van der Waals surface area contributed by atoms with Crippen LogP contribution >= 0.6 is 0 Å². The van der Waals surface area contributed by atoms with Gasteiger partial charge in [-0.2, -0.15) is 0 Å². The Balaban J connectivity index is 2.40. The molecule has 2 N–H and O–H groups in total. The first kappa shape index (κ1) is 4.69. The second-order valence-electron chi connectivity index (χ2n) is 2.02. The molecule has 0 fully saturated rings. The summed E-state index contributed by atoms with van der Waals surface area (Å²) in [5, 5.41) is 0. The van der Waals surface area contributed by atoms with Gasteiger partial charge >= 0.3 is 0 Å². The van der Waals surface area contributed by atoms with E-state index >= 15 is 0 Å². The van der Waals surface area contributed by atoms with E-state index in [9.17, 15) is 0 Å². The third kappa shape index (κ3) is 1.22. The summed E-state index contributed by atoms with van der Waals surface area (Å²) in [6.07, 6.45) is 7.08. The molecule has 0 bridgehead atoms. The minimum absolute atomic E-state index is 1.09. The van der Waals surface area contributed by atoms with Gasteiger partial charge in [0.2, 0.25) is 0 Å². The maximum absolute atomic E-state index is 5.50. The van der Waals surface area contributed by atoms with Crippen molar-refractivity contribution < 1.29 is 0 Å². The van der Waals surface area contributed by atoms with Crippen molar-refractivity contribution in [3.63, 3.8) is 0 Å². The lowest BCUT2D eigenvalue weighted by Crippen LogP contribution is -2.00. The molecule has 1 aliphatic rings. The molecule has 0 radical (unpaired) electrons. The van der Waals surface area contributed by atoms with Gasteiger partial charge in [-0.25, -0.2) is 0 Å². The molecule has 1 aliphatic carbocycles. The van der Waals surface area contributed by atoms with Crippen LogP contribution in [0.2, 0.25) is 0 Å². The van der Waals surface area contributed by atoms with Crippen LogP contribution in [-0.4, -0.2) is 0 Å². The molecule has 0 spiro atoms. The highest BCUT2D eigenvalue weighted by Gasteiger charge is 1.95. The van der Waals surface area contributed by atoms with Crippen molar-refractivity contribution in [2.45, 2.75) is 25.7 Å². The zero-order valence-electron chi connectivity index (χ0n) is 4.48. The Hall–Kier alpha value is -0.460. The van der Waals surface area contributed by atoms with E-state index in [2.05, 4.69) is 6.08 Å². The Morgan fingerprint density at radius 2 is 2.29 bits per heavy atom. The number of hydrogen-bond donors (Lipinski definition) is 1. The zero-order chi connectivity index (χ0) is 5.11. The van der Waals surface area contributed by atoms with Crippen LogP contribution in [0.1, 0.15) is 25.7 Å². The third-order valence-electron chi connectivity index (χ3n) is 1.33. The first-order valence-corrected chi connectivity index (χ1v) is 2.84. The highest BCUT2D eigenvalue weighted by Crippen LogP contribution is 2.11. The first-order valence-electron chi connectivity index (χ1n) is 2.84. The van der Waals surface area contributed by atoms with Crippen molar-refractivity contribution in [3.05, 3.63) is 11.8 Å². The van der Waals surface area contributed by atoms with E-state index in [0.717, 1.165) is 12.1 Å². The largest absolute Gasteiger partial charge is 0.402 e. The van der Waals surface area contributed by atoms with Crippen molar-refractivity contribution in [3.8, 4) is 0 Å². The van der Waals surface area contributed by atoms with Gasteiger partial charge in [0.15, 0.2) is 0 Å². The summed E-state index contributed by atoms with van der Waals surface area (Å²) >= 11 is 0. The first-order chi connectivity index (χ1) is 3.39. The summed E-state index contributed by atoms with van der Waals surface area (Å²) in [7, 11) is 0. The highest BCUT2D eigenvalue weighted by molar-refractivity contribution is 4.98. The van der Waals surface area contributed by atoms with Gasteiger partial charge in [0.05, 0.1) is 0 Å². The molecular weight excluding hydrogens is 86.1 g/mol. The number of rotatable bonds is 0. The second-order valence-corrected chi connectivity index (χ2v) is 2.02. The highest BCUT2D eigenvalue weighted by atomic mass is 14.6. The van der Waals surface area contributed by atoms with Crippen molar-refractivity contribution in [2.75, 3.05) is 0 Å². The minimum atomic E-state index is 1.09. The van der Waals surface area contributed by atoms with Crippen molar-refractivity contribution in [1.29, 1.82) is 0 Å². The molecule has 0 unspecified atom stereocenters. The van der Waals surface area contributed by atoms with Crippen LogP contribution in [0, 0.1) is 0 Å². The van der Waals surface area contributed by atoms with Gasteiger partial charge in [0.1, 0.15) is 0 Å². The Morgan fingerprint density at radius 1 is 1.43 bits per heavy atom. The smallest absolute Gasteiger partial charge is 0.00399 e. The van der Waals surface area contributed by atoms with Gasteiger partial charge in [0.25, 0.3) is 0 Å². The molecule has 0 aliphatic heterocycles. The fourth-order valence-electron chi connectivity index (χ4n) is 0.863. The molecule has 0 aromatic carbocycles. The van der Waals surface area contributed by atoms with Crippen LogP contribution < -0.4 is 5.73 Å². The predicted octanol–water partition coefficient (Wildman–Crippen LogP) is 1.40. The number of hydrogen-bond acceptors (Lipinski definition) is 1. The van der Waals surface area contributed by atoms with E-state index in [1.807, 2.05) is 0 Å². The van der Waals surface area contributed by atoms with Crippen molar-refractivity contribution >= 4 is 0 Å². The van der Waals surface area contributed by atoms with Gasteiger partial charge in [-0.3, -0.25) is 0 Å². The topological polar surface area (TPSA) is 26.0 Å². The van der Waals surface area contributed by atoms with Crippen LogP contribution in [0.3, 0.4) is 0 Å². The maximum Gasteiger partial charge on any atom is 0.00399 e. The third-order valence-corrected chi connectivity index (χ3v) is 1.33. The molecular formula is C6H11N. The van der Waals surface area contributed by atoms with E-state index < -0.39 is 0 Å². The maximum atomic E-state index is 5.50. The summed E-state index contributed by atoms with van der Waals surface area (Å²) in [6, 6.07) is 0.